The normalized spacial score (nSPS) is 35.1. The third-order valence-corrected chi connectivity index (χ3v) is 2.40. The van der Waals surface area contributed by atoms with Crippen molar-refractivity contribution in [3.63, 3.8) is 0 Å². The average molecular weight is 180 g/mol. The van der Waals surface area contributed by atoms with Gasteiger partial charge in [0.05, 0.1) is 12.2 Å². The predicted molar refractivity (Wildman–Crippen MR) is 40.6 cm³/mol. The zero-order valence-corrected chi connectivity index (χ0v) is 7.19. The van der Waals surface area contributed by atoms with Gasteiger partial charge in [-0.05, 0) is 19.3 Å². The molecular weight excluding hydrogens is 167 g/mol. The van der Waals surface area contributed by atoms with Gasteiger partial charge in [-0.1, -0.05) is 0 Å². The number of aliphatic hydroxyl groups excluding tert-OH is 1. The van der Waals surface area contributed by atoms with Gasteiger partial charge in [0.25, 0.3) is 0 Å². The minimum atomic E-state index is -2.82. The van der Waals surface area contributed by atoms with Crippen LogP contribution in [0, 0.1) is 0 Å². The molecule has 3 unspecified atom stereocenters. The summed E-state index contributed by atoms with van der Waals surface area (Å²) in [5.74, 6) is 0. The van der Waals surface area contributed by atoms with Crippen molar-refractivity contribution in [3.05, 3.63) is 0 Å². The second-order valence-corrected chi connectivity index (χ2v) is 3.59. The summed E-state index contributed by atoms with van der Waals surface area (Å²) in [6.45, 7) is 0. The van der Waals surface area contributed by atoms with E-state index in [1.54, 1.807) is 0 Å². The molecule has 0 heterocycles. The molecule has 0 saturated heterocycles. The lowest BCUT2D eigenvalue weighted by atomic mass is 9.95. The van der Waals surface area contributed by atoms with Crippen molar-refractivity contribution in [3.8, 4) is 0 Å². The van der Waals surface area contributed by atoms with Gasteiger partial charge in [0, 0.05) is 6.42 Å². The van der Waals surface area contributed by atoms with E-state index >= 15 is 0 Å². The van der Waals surface area contributed by atoms with Gasteiger partial charge in [0.15, 0.2) is 0 Å². The number of hydrogen-bond acceptors (Lipinski definition) is 3. The van der Waals surface area contributed by atoms with Gasteiger partial charge in [-0.25, -0.2) is 0 Å². The molecule has 1 saturated carbocycles. The van der Waals surface area contributed by atoms with E-state index in [1.807, 2.05) is 0 Å². The van der Waals surface area contributed by atoms with E-state index in [4.69, 9.17) is 14.5 Å². The van der Waals surface area contributed by atoms with Crippen molar-refractivity contribution in [2.45, 2.75) is 37.9 Å². The Labute approximate surface area is 66.1 Å². The molecule has 11 heavy (non-hydrogen) atoms. The summed E-state index contributed by atoms with van der Waals surface area (Å²) < 4.78 is 15.0. The summed E-state index contributed by atoms with van der Waals surface area (Å²) in [4.78, 5) is 8.43. The minimum Gasteiger partial charge on any atom is -0.393 e. The van der Waals surface area contributed by atoms with Gasteiger partial charge in [0.2, 0.25) is 0 Å². The Kier molecular flexibility index (Phi) is 3.52. The van der Waals surface area contributed by atoms with Gasteiger partial charge in [-0.2, -0.15) is 0 Å². The Bertz CT molecular complexity index is 150. The molecule has 1 fully saturated rings. The molecule has 0 spiro atoms. The Morgan fingerprint density at radius 1 is 1.45 bits per heavy atom. The van der Waals surface area contributed by atoms with Crippen molar-refractivity contribution in [2.24, 2.45) is 0 Å². The Hall–Kier alpha value is 0.110. The fourth-order valence-electron chi connectivity index (χ4n) is 1.37. The van der Waals surface area contributed by atoms with Gasteiger partial charge in [0.1, 0.15) is 0 Å². The third kappa shape index (κ3) is 3.34. The van der Waals surface area contributed by atoms with Crippen LogP contribution in [0.1, 0.15) is 25.7 Å². The van der Waals surface area contributed by atoms with Crippen molar-refractivity contribution < 1.29 is 19.1 Å². The predicted octanol–water partition coefficient (Wildman–Crippen LogP) is 0.688. The zero-order valence-electron chi connectivity index (χ0n) is 6.19. The Morgan fingerprint density at radius 2 is 2.18 bits per heavy atom. The lowest BCUT2D eigenvalue weighted by Crippen LogP contribution is -2.24. The molecule has 0 aliphatic heterocycles. The van der Waals surface area contributed by atoms with E-state index in [9.17, 15) is 4.57 Å². The summed E-state index contributed by atoms with van der Waals surface area (Å²) in [7, 11) is -2.82. The highest BCUT2D eigenvalue weighted by atomic mass is 31.1. The molecule has 0 aromatic rings. The lowest BCUT2D eigenvalue weighted by Gasteiger charge is -2.24. The first-order valence-corrected chi connectivity index (χ1v) is 5.02. The molecule has 0 radical (unpaired) electrons. The van der Waals surface area contributed by atoms with Crippen LogP contribution >= 0.6 is 8.25 Å². The van der Waals surface area contributed by atoms with Crippen molar-refractivity contribution in [2.75, 3.05) is 0 Å². The van der Waals surface area contributed by atoms with Crippen LogP contribution in [-0.4, -0.2) is 22.2 Å². The minimum absolute atomic E-state index is 0.213. The SMILES string of the molecule is O=[PH](O)OC1CCCC(O)C1. The monoisotopic (exact) mass is 180 g/mol. The zero-order chi connectivity index (χ0) is 8.27. The standard InChI is InChI=1S/C6H13O4P/c7-5-2-1-3-6(4-5)10-11(8)9/h5-7,11H,1-4H2,(H,8,9). The van der Waals surface area contributed by atoms with Gasteiger partial charge < -0.3 is 14.5 Å². The molecule has 1 aliphatic rings. The molecular formula is C6H13O4P. The van der Waals surface area contributed by atoms with Crippen LogP contribution in [0.2, 0.25) is 0 Å². The largest absolute Gasteiger partial charge is 0.393 e. The smallest absolute Gasteiger partial charge is 0.316 e. The number of hydrogen-bond donors (Lipinski definition) is 2. The van der Waals surface area contributed by atoms with Crippen LogP contribution in [0.3, 0.4) is 0 Å². The summed E-state index contributed by atoms with van der Waals surface area (Å²) >= 11 is 0. The molecule has 1 rings (SSSR count). The van der Waals surface area contributed by atoms with E-state index in [1.165, 1.54) is 0 Å². The van der Waals surface area contributed by atoms with Gasteiger partial charge in [-0.15, -0.1) is 0 Å². The van der Waals surface area contributed by atoms with E-state index < -0.39 is 8.25 Å². The van der Waals surface area contributed by atoms with E-state index in [0.29, 0.717) is 6.42 Å². The maximum Gasteiger partial charge on any atom is 0.316 e. The number of rotatable bonds is 2. The highest BCUT2D eigenvalue weighted by Crippen LogP contribution is 2.28. The fourth-order valence-corrected chi connectivity index (χ4v) is 1.87. The first-order chi connectivity index (χ1) is 5.18. The van der Waals surface area contributed by atoms with Crippen LogP contribution in [0.25, 0.3) is 0 Å². The summed E-state index contributed by atoms with van der Waals surface area (Å²) in [6.07, 6.45) is 2.38. The molecule has 1 aliphatic carbocycles. The molecule has 5 heteroatoms. The van der Waals surface area contributed by atoms with Crippen LogP contribution in [0.15, 0.2) is 0 Å². The molecule has 0 bridgehead atoms. The molecule has 4 nitrogen and oxygen atoms in total. The second kappa shape index (κ2) is 4.21. The maximum atomic E-state index is 10.3. The van der Waals surface area contributed by atoms with E-state index in [0.717, 1.165) is 19.3 Å². The highest BCUT2D eigenvalue weighted by Gasteiger charge is 2.21. The van der Waals surface area contributed by atoms with Crippen molar-refractivity contribution in [1.29, 1.82) is 0 Å². The first-order valence-electron chi connectivity index (χ1n) is 3.76. The molecule has 66 valence electrons. The quantitative estimate of drug-likeness (QED) is 0.613. The maximum absolute atomic E-state index is 10.3. The van der Waals surface area contributed by atoms with Crippen molar-refractivity contribution in [1.82, 2.24) is 0 Å². The summed E-state index contributed by atoms with van der Waals surface area (Å²) in [5, 5.41) is 9.14. The summed E-state index contributed by atoms with van der Waals surface area (Å²) in [6, 6.07) is 0. The Morgan fingerprint density at radius 3 is 2.73 bits per heavy atom. The first kappa shape index (κ1) is 9.20. The molecule has 3 atom stereocenters. The van der Waals surface area contributed by atoms with Crippen LogP contribution in [0.4, 0.5) is 0 Å². The second-order valence-electron chi connectivity index (χ2n) is 2.83. The van der Waals surface area contributed by atoms with E-state index in [-0.39, 0.29) is 12.2 Å². The molecule has 0 amide bonds. The molecule has 0 aromatic carbocycles. The molecule has 2 N–H and O–H groups in total. The lowest BCUT2D eigenvalue weighted by molar-refractivity contribution is 0.0522. The van der Waals surface area contributed by atoms with Gasteiger partial charge in [-0.3, -0.25) is 4.57 Å². The summed E-state index contributed by atoms with van der Waals surface area (Å²) in [5.41, 5.74) is 0. The molecule has 0 aromatic heterocycles. The number of aliphatic hydroxyl groups is 1. The third-order valence-electron chi connectivity index (χ3n) is 1.87. The van der Waals surface area contributed by atoms with E-state index in [2.05, 4.69) is 0 Å². The van der Waals surface area contributed by atoms with Crippen LogP contribution in [-0.2, 0) is 9.09 Å². The topological polar surface area (TPSA) is 66.8 Å². The Balaban J connectivity index is 2.28. The van der Waals surface area contributed by atoms with Crippen LogP contribution < -0.4 is 0 Å². The average Bonchev–Trinajstić information content (AvgIpc) is 1.85. The van der Waals surface area contributed by atoms with Gasteiger partial charge >= 0.3 is 8.25 Å². The fraction of sp³-hybridized carbons (Fsp3) is 1.00. The highest BCUT2D eigenvalue weighted by molar-refractivity contribution is 7.32. The van der Waals surface area contributed by atoms with Crippen LogP contribution in [0.5, 0.6) is 0 Å². The van der Waals surface area contributed by atoms with Crippen molar-refractivity contribution >= 4 is 8.25 Å².